The summed E-state index contributed by atoms with van der Waals surface area (Å²) in [6.07, 6.45) is 16.4. The zero-order valence-electron chi connectivity index (χ0n) is 21.1. The van der Waals surface area contributed by atoms with Crippen molar-refractivity contribution in [2.45, 2.75) is 76.3 Å². The molecule has 0 saturated heterocycles. The minimum Gasteiger partial charge on any atom is -0.393 e. The first-order valence-corrected chi connectivity index (χ1v) is 13.3. The van der Waals surface area contributed by atoms with Crippen molar-refractivity contribution in [3.63, 3.8) is 0 Å². The third-order valence-electron chi connectivity index (χ3n) is 8.07. The lowest BCUT2D eigenvalue weighted by atomic mass is 9.83. The van der Waals surface area contributed by atoms with Gasteiger partial charge in [-0.25, -0.2) is 4.98 Å². The first-order chi connectivity index (χ1) is 17.1. The molecule has 188 valence electrons. The standard InChI is InChI=1S/C28H39N5O2/c1-33(2)26-23-8-3-4-9-24(23)31-27(32-26)30-21-14-16-28(17-15-21)19-25(28)29-18-6-5-7-20-10-12-22(35-34)13-11-20/h8-13,21,25,29,34H,3-7,14-19H2,1-2H3,(H,30,31)/p+1/t21?,25-,28?/m1/s1. The van der Waals surface area contributed by atoms with Crippen molar-refractivity contribution in [3.8, 4) is 5.75 Å². The number of aromatic nitrogens is 2. The van der Waals surface area contributed by atoms with Crippen LogP contribution in [0.2, 0.25) is 0 Å². The number of hydrogen-bond acceptors (Lipinski definition) is 6. The van der Waals surface area contributed by atoms with Gasteiger partial charge in [-0.1, -0.05) is 17.4 Å². The van der Waals surface area contributed by atoms with Gasteiger partial charge in [0.2, 0.25) is 5.95 Å². The second kappa shape index (κ2) is 10.5. The van der Waals surface area contributed by atoms with Gasteiger partial charge >= 0.3 is 0 Å². The Morgan fingerprint density at radius 1 is 1.06 bits per heavy atom. The molecular weight excluding hydrogens is 438 g/mol. The van der Waals surface area contributed by atoms with Crippen LogP contribution in [0.3, 0.4) is 0 Å². The van der Waals surface area contributed by atoms with Crippen LogP contribution in [0.15, 0.2) is 24.3 Å². The molecule has 2 saturated carbocycles. The number of unbranched alkanes of at least 4 members (excludes halogenated alkanes) is 1. The molecule has 1 atom stereocenters. The van der Waals surface area contributed by atoms with Gasteiger partial charge in [0, 0.05) is 43.5 Å². The van der Waals surface area contributed by atoms with Crippen LogP contribution in [0.4, 0.5) is 11.8 Å². The van der Waals surface area contributed by atoms with Crippen molar-refractivity contribution in [1.82, 2.24) is 15.3 Å². The molecule has 0 amide bonds. The van der Waals surface area contributed by atoms with Gasteiger partial charge in [-0.05, 0) is 93.9 Å². The average Bonchev–Trinajstić information content (AvgIpc) is 3.56. The van der Waals surface area contributed by atoms with Crippen molar-refractivity contribution in [3.05, 3.63) is 40.4 Å². The summed E-state index contributed by atoms with van der Waals surface area (Å²) < 4.78 is 0. The van der Waals surface area contributed by atoms with Gasteiger partial charge in [0.25, 0.3) is 5.75 Å². The molecule has 0 unspecified atom stereocenters. The van der Waals surface area contributed by atoms with Crippen LogP contribution in [0, 0.1) is 5.41 Å². The Labute approximate surface area is 208 Å². The van der Waals surface area contributed by atoms with Crippen LogP contribution in [0.1, 0.15) is 63.4 Å². The van der Waals surface area contributed by atoms with Gasteiger partial charge in [0.1, 0.15) is 5.82 Å². The molecule has 1 aromatic carbocycles. The zero-order valence-corrected chi connectivity index (χ0v) is 21.1. The van der Waals surface area contributed by atoms with E-state index in [0.717, 1.165) is 42.9 Å². The fourth-order valence-corrected chi connectivity index (χ4v) is 5.85. The number of hydrogen-bond donors (Lipinski definition) is 3. The SMILES string of the molecule is CN(C)c1nc(NC2CCC3(CC2)C[C@H]3NCCCCc2ccc([OH+]O)cc2)nc2c1=CCCC=2. The number of rotatable bonds is 10. The molecule has 7 nitrogen and oxygen atoms in total. The van der Waals surface area contributed by atoms with E-state index in [2.05, 4.69) is 58.8 Å². The predicted molar refractivity (Wildman–Crippen MR) is 142 cm³/mol. The minimum absolute atomic E-state index is 0.465. The van der Waals surface area contributed by atoms with Gasteiger partial charge in [0.05, 0.1) is 5.35 Å². The Morgan fingerprint density at radius 3 is 2.57 bits per heavy atom. The molecule has 2 aromatic rings. The number of benzene rings is 1. The highest BCUT2D eigenvalue weighted by Gasteiger charge is 2.54. The summed E-state index contributed by atoms with van der Waals surface area (Å²) in [5, 5.41) is 18.5. The van der Waals surface area contributed by atoms with Crippen LogP contribution in [0.25, 0.3) is 12.2 Å². The maximum Gasteiger partial charge on any atom is 0.297 e. The van der Waals surface area contributed by atoms with Gasteiger partial charge in [-0.2, -0.15) is 4.98 Å². The van der Waals surface area contributed by atoms with Crippen LogP contribution in [-0.2, 0) is 6.42 Å². The molecule has 1 heterocycles. The molecule has 1 spiro atoms. The zero-order chi connectivity index (χ0) is 24.3. The van der Waals surface area contributed by atoms with Crippen LogP contribution in [-0.4, -0.2) is 52.8 Å². The van der Waals surface area contributed by atoms with Crippen molar-refractivity contribution < 1.29 is 10.1 Å². The van der Waals surface area contributed by atoms with E-state index < -0.39 is 0 Å². The number of nitrogens with one attached hydrogen (secondary N) is 2. The molecule has 5 rings (SSSR count). The number of aryl methyl sites for hydroxylation is 1. The smallest absolute Gasteiger partial charge is 0.297 e. The molecule has 3 aliphatic carbocycles. The number of nitrogens with zero attached hydrogens (tertiary/aromatic N) is 3. The number of fused-ring (bicyclic) bond motifs is 1. The lowest BCUT2D eigenvalue weighted by Gasteiger charge is -2.30. The Morgan fingerprint density at radius 2 is 1.83 bits per heavy atom. The topological polar surface area (TPSA) is 86.1 Å². The van der Waals surface area contributed by atoms with E-state index in [4.69, 9.17) is 15.2 Å². The van der Waals surface area contributed by atoms with Crippen LogP contribution < -0.4 is 26.1 Å². The molecular formula is C28H40N5O2+. The highest BCUT2D eigenvalue weighted by molar-refractivity contribution is 5.51. The summed E-state index contributed by atoms with van der Waals surface area (Å²) in [5.41, 5.74) is 1.83. The summed E-state index contributed by atoms with van der Waals surface area (Å²) >= 11 is 0. The maximum absolute atomic E-state index is 8.79. The van der Waals surface area contributed by atoms with Crippen LogP contribution >= 0.6 is 0 Å². The summed E-state index contributed by atoms with van der Waals surface area (Å²) in [5.74, 6) is 2.42. The molecule has 0 aliphatic heterocycles. The Bertz CT molecular complexity index is 1120. The Balaban J connectivity index is 1.05. The highest BCUT2D eigenvalue weighted by Crippen LogP contribution is 2.56. The normalized spacial score (nSPS) is 24.8. The molecule has 4 N–H and O–H groups in total. The third kappa shape index (κ3) is 5.62. The van der Waals surface area contributed by atoms with E-state index in [0.29, 0.717) is 23.2 Å². The molecule has 2 fully saturated rings. The largest absolute Gasteiger partial charge is 0.393 e. The van der Waals surface area contributed by atoms with Crippen LogP contribution in [0.5, 0.6) is 5.75 Å². The quantitative estimate of drug-likeness (QED) is 0.210. The van der Waals surface area contributed by atoms with E-state index in [1.54, 1.807) is 0 Å². The van der Waals surface area contributed by atoms with E-state index in [9.17, 15) is 0 Å². The first kappa shape index (κ1) is 24.1. The number of aromatic hydroxyl groups is 1. The van der Waals surface area contributed by atoms with E-state index in [1.165, 1.54) is 55.7 Å². The van der Waals surface area contributed by atoms with Crippen molar-refractivity contribution in [2.24, 2.45) is 5.41 Å². The average molecular weight is 479 g/mol. The Hall–Kier alpha value is -2.64. The number of anilines is 2. The third-order valence-corrected chi connectivity index (χ3v) is 8.07. The van der Waals surface area contributed by atoms with Crippen molar-refractivity contribution >= 4 is 23.9 Å². The summed E-state index contributed by atoms with van der Waals surface area (Å²) in [4.78, 5) is 15.0. The fourth-order valence-electron chi connectivity index (χ4n) is 5.85. The van der Waals surface area contributed by atoms with E-state index in [1.807, 2.05) is 12.1 Å². The van der Waals surface area contributed by atoms with Gasteiger partial charge in [-0.3, -0.25) is 0 Å². The molecule has 7 heteroatoms. The minimum atomic E-state index is 0.465. The molecule has 0 radical (unpaired) electrons. The Kier molecular flexibility index (Phi) is 7.25. The molecule has 0 bridgehead atoms. The lowest BCUT2D eigenvalue weighted by molar-refractivity contribution is -0.317. The van der Waals surface area contributed by atoms with Gasteiger partial charge in [-0.15, -0.1) is 0 Å². The fraction of sp³-hybridized carbons (Fsp3) is 0.571. The van der Waals surface area contributed by atoms with E-state index >= 15 is 0 Å². The van der Waals surface area contributed by atoms with Gasteiger partial charge in [0.15, 0.2) is 0 Å². The second-order valence-corrected chi connectivity index (χ2v) is 10.8. The highest BCUT2D eigenvalue weighted by atomic mass is 17.1. The lowest BCUT2D eigenvalue weighted by Crippen LogP contribution is -2.38. The second-order valence-electron chi connectivity index (χ2n) is 10.8. The van der Waals surface area contributed by atoms with Crippen molar-refractivity contribution in [1.29, 1.82) is 0 Å². The molecule has 1 aromatic heterocycles. The summed E-state index contributed by atoms with van der Waals surface area (Å²) in [6, 6.07) is 8.99. The summed E-state index contributed by atoms with van der Waals surface area (Å²) in [7, 11) is 4.12. The summed E-state index contributed by atoms with van der Waals surface area (Å²) in [6.45, 7) is 1.10. The van der Waals surface area contributed by atoms with E-state index in [-0.39, 0.29) is 0 Å². The molecule has 35 heavy (non-hydrogen) atoms. The monoisotopic (exact) mass is 478 g/mol. The molecule has 3 aliphatic rings. The first-order valence-electron chi connectivity index (χ1n) is 13.3. The van der Waals surface area contributed by atoms with Gasteiger partial charge < -0.3 is 20.4 Å². The predicted octanol–water partition coefficient (Wildman–Crippen LogP) is 3.34. The van der Waals surface area contributed by atoms with Crippen molar-refractivity contribution in [2.75, 3.05) is 30.9 Å². The maximum atomic E-state index is 8.79.